The van der Waals surface area contributed by atoms with Crippen LogP contribution in [0.15, 0.2) is 42.5 Å². The predicted molar refractivity (Wildman–Crippen MR) is 169 cm³/mol. The average molecular weight is 612 g/mol. The molecule has 5 heterocycles. The van der Waals surface area contributed by atoms with Crippen LogP contribution in [0, 0.1) is 17.9 Å². The molecule has 0 aromatic heterocycles. The highest BCUT2D eigenvalue weighted by Gasteiger charge is 2.32. The van der Waals surface area contributed by atoms with E-state index in [0.717, 1.165) is 64.9 Å². The molecule has 10 heteroatoms. The minimum absolute atomic E-state index is 0.214. The Morgan fingerprint density at radius 2 is 1.52 bits per heavy atom. The number of allylic oxidation sites excluding steroid dienone is 2. The number of carbonyl (C=O) groups is 4. The molecule has 0 bridgehead atoms. The van der Waals surface area contributed by atoms with Crippen LogP contribution in [0.3, 0.4) is 0 Å². The van der Waals surface area contributed by atoms with Gasteiger partial charge in [-0.2, -0.15) is 0 Å². The second kappa shape index (κ2) is 16.9. The van der Waals surface area contributed by atoms with E-state index in [4.69, 9.17) is 4.74 Å². The summed E-state index contributed by atoms with van der Waals surface area (Å²) in [5, 5.41) is 13.1. The van der Waals surface area contributed by atoms with Gasteiger partial charge in [0.15, 0.2) is 6.08 Å². The third-order valence-corrected chi connectivity index (χ3v) is 7.92. The van der Waals surface area contributed by atoms with Gasteiger partial charge in [-0.25, -0.2) is 9.69 Å². The van der Waals surface area contributed by atoms with E-state index in [9.17, 15) is 24.3 Å². The normalized spacial score (nSPS) is 22.8. The SMILES string of the molecule is CC(C)(O)CN1CCC(/C=C/C(=O)N2CCC=CC2=O)CC1.CC1(C)CO1.O=C1[C+]=CCCN1C(=O)/C=C/C1CCNCC1. The maximum Gasteiger partial charge on any atom is 0.499 e. The van der Waals surface area contributed by atoms with Gasteiger partial charge in [0.2, 0.25) is 0 Å². The van der Waals surface area contributed by atoms with Crippen molar-refractivity contribution in [2.45, 2.75) is 77.4 Å². The second-order valence-corrected chi connectivity index (χ2v) is 13.2. The number of aliphatic hydroxyl groups is 1. The molecule has 0 saturated carbocycles. The lowest BCUT2D eigenvalue weighted by atomic mass is 9.95. The van der Waals surface area contributed by atoms with Crippen molar-refractivity contribution in [3.8, 4) is 0 Å². The fourth-order valence-electron chi connectivity index (χ4n) is 5.20. The van der Waals surface area contributed by atoms with Crippen molar-refractivity contribution in [3.05, 3.63) is 48.6 Å². The van der Waals surface area contributed by atoms with Crippen molar-refractivity contribution in [1.82, 2.24) is 20.0 Å². The summed E-state index contributed by atoms with van der Waals surface area (Å²) >= 11 is 0. The Kier molecular flexibility index (Phi) is 13.6. The van der Waals surface area contributed by atoms with Gasteiger partial charge in [-0.1, -0.05) is 18.2 Å². The number of amides is 4. The second-order valence-electron chi connectivity index (χ2n) is 13.2. The number of likely N-dealkylation sites (tertiary alicyclic amines) is 1. The summed E-state index contributed by atoms with van der Waals surface area (Å²) in [6.07, 6.45) is 20.0. The zero-order chi connectivity index (χ0) is 32.2. The molecule has 5 aliphatic rings. The van der Waals surface area contributed by atoms with Gasteiger partial charge in [-0.15, -0.1) is 0 Å². The van der Waals surface area contributed by atoms with Gasteiger partial charge in [0.05, 0.1) is 17.8 Å². The van der Waals surface area contributed by atoms with Crippen LogP contribution in [0.1, 0.15) is 66.2 Å². The van der Waals surface area contributed by atoms with Crippen LogP contribution >= 0.6 is 0 Å². The summed E-state index contributed by atoms with van der Waals surface area (Å²) in [5.74, 6) is -0.142. The largest absolute Gasteiger partial charge is 0.499 e. The van der Waals surface area contributed by atoms with Crippen molar-refractivity contribution in [3.63, 3.8) is 0 Å². The molecule has 242 valence electrons. The van der Waals surface area contributed by atoms with Crippen molar-refractivity contribution in [2.24, 2.45) is 11.8 Å². The topological polar surface area (TPSA) is 123 Å². The fourth-order valence-corrected chi connectivity index (χ4v) is 5.20. The van der Waals surface area contributed by atoms with Gasteiger partial charge in [-0.3, -0.25) is 19.3 Å². The number of imide groups is 2. The van der Waals surface area contributed by atoms with Crippen LogP contribution < -0.4 is 5.32 Å². The molecule has 0 aromatic rings. The Hall–Kier alpha value is -3.01. The lowest BCUT2D eigenvalue weighted by Gasteiger charge is -2.34. The lowest BCUT2D eigenvalue weighted by Crippen LogP contribution is -2.42. The Morgan fingerprint density at radius 1 is 0.977 bits per heavy atom. The summed E-state index contributed by atoms with van der Waals surface area (Å²) in [4.78, 5) is 51.7. The van der Waals surface area contributed by atoms with Gasteiger partial charge in [0.1, 0.15) is 0 Å². The zero-order valence-electron chi connectivity index (χ0n) is 26.9. The summed E-state index contributed by atoms with van der Waals surface area (Å²) < 4.78 is 4.90. The van der Waals surface area contributed by atoms with E-state index in [1.165, 1.54) is 15.9 Å². The molecule has 0 aliphatic carbocycles. The number of nitrogens with one attached hydrogen (secondary N) is 1. The van der Waals surface area contributed by atoms with E-state index >= 15 is 0 Å². The van der Waals surface area contributed by atoms with Crippen molar-refractivity contribution in [2.75, 3.05) is 52.4 Å². The summed E-state index contributed by atoms with van der Waals surface area (Å²) in [6.45, 7) is 14.2. The molecule has 0 radical (unpaired) electrons. The molecule has 5 rings (SSSR count). The molecule has 5 aliphatic heterocycles. The quantitative estimate of drug-likeness (QED) is 0.267. The highest BCUT2D eigenvalue weighted by molar-refractivity contribution is 6.05. The molecule has 44 heavy (non-hydrogen) atoms. The summed E-state index contributed by atoms with van der Waals surface area (Å²) in [7, 11) is 0. The Balaban J connectivity index is 0.000000212. The van der Waals surface area contributed by atoms with Crippen molar-refractivity contribution < 1.29 is 29.0 Å². The molecule has 0 atom stereocenters. The Bertz CT molecular complexity index is 1100. The van der Waals surface area contributed by atoms with Crippen molar-refractivity contribution >= 4 is 23.6 Å². The molecule has 2 N–H and O–H groups in total. The third-order valence-electron chi connectivity index (χ3n) is 7.92. The van der Waals surface area contributed by atoms with Gasteiger partial charge in [0.25, 0.3) is 17.7 Å². The average Bonchev–Trinajstić information content (AvgIpc) is 3.70. The first-order valence-corrected chi connectivity index (χ1v) is 15.9. The van der Waals surface area contributed by atoms with E-state index in [-0.39, 0.29) is 29.2 Å². The number of hydrogen-bond donors (Lipinski definition) is 2. The van der Waals surface area contributed by atoms with Gasteiger partial charge in [-0.05, 0) is 116 Å². The molecule has 4 amide bonds. The van der Waals surface area contributed by atoms with Crippen LogP contribution in [0.25, 0.3) is 0 Å². The Labute approximate surface area is 262 Å². The molecule has 0 spiro atoms. The first-order valence-electron chi connectivity index (χ1n) is 15.9. The molecule has 3 saturated heterocycles. The van der Waals surface area contributed by atoms with Gasteiger partial charge < -0.3 is 20.1 Å². The number of rotatable bonds is 6. The number of carbonyl (C=O) groups excluding carboxylic acids is 4. The van der Waals surface area contributed by atoms with E-state index in [2.05, 4.69) is 30.1 Å². The summed E-state index contributed by atoms with van der Waals surface area (Å²) in [6, 6.07) is 0. The number of hydrogen-bond acceptors (Lipinski definition) is 8. The highest BCUT2D eigenvalue weighted by atomic mass is 16.6. The maximum absolute atomic E-state index is 12.0. The molecular formula is C34H51N4O6+. The number of piperidine rings is 2. The molecule has 0 aromatic carbocycles. The monoisotopic (exact) mass is 611 g/mol. The van der Waals surface area contributed by atoms with E-state index in [1.54, 1.807) is 24.3 Å². The predicted octanol–water partition coefficient (Wildman–Crippen LogP) is 2.80. The smallest absolute Gasteiger partial charge is 0.389 e. The summed E-state index contributed by atoms with van der Waals surface area (Å²) in [5.41, 5.74) is -0.416. The van der Waals surface area contributed by atoms with Crippen LogP contribution in [-0.2, 0) is 23.9 Å². The van der Waals surface area contributed by atoms with E-state index < -0.39 is 5.60 Å². The minimum atomic E-state index is -0.666. The highest BCUT2D eigenvalue weighted by Crippen LogP contribution is 2.23. The number of ether oxygens (including phenoxy) is 1. The third kappa shape index (κ3) is 13.3. The van der Waals surface area contributed by atoms with Crippen LogP contribution in [0.4, 0.5) is 0 Å². The van der Waals surface area contributed by atoms with Crippen LogP contribution in [0.2, 0.25) is 0 Å². The Morgan fingerprint density at radius 3 is 2.05 bits per heavy atom. The molecular weight excluding hydrogens is 560 g/mol. The van der Waals surface area contributed by atoms with Crippen LogP contribution in [-0.4, -0.2) is 107 Å². The molecule has 10 nitrogen and oxygen atoms in total. The van der Waals surface area contributed by atoms with E-state index in [0.29, 0.717) is 37.9 Å². The van der Waals surface area contributed by atoms with E-state index in [1.807, 2.05) is 26.0 Å². The fraction of sp³-hybridized carbons (Fsp3) is 0.647. The molecule has 3 fully saturated rings. The lowest BCUT2D eigenvalue weighted by molar-refractivity contribution is -0.141. The number of nitrogens with zero attached hydrogens (tertiary/aromatic N) is 3. The number of β-amino-alcohol motifs (C(OH)–C–C–N with tert-alkyl or cyclic N) is 1. The standard InChI is InChI=1S/C17H26N2O3.C13H17N2O2.C4H8O/c1-17(2,22)13-18-11-8-14(9-12-18)6-7-16(21)19-10-4-3-5-15(19)20;16-12-3-1-2-10-15(12)13(17)5-4-11-6-8-14-9-7-11;1-4(2)3-5-4/h3,5-7,14,22H,4,8-13H2,1-2H3;1,4-5,11,14H,2,6-10H2;3H2,1-2H3/q;+1;/b7-6+;5-4+;. The zero-order valence-corrected chi connectivity index (χ0v) is 26.9. The van der Waals surface area contributed by atoms with Crippen molar-refractivity contribution in [1.29, 1.82) is 0 Å². The first kappa shape index (κ1) is 35.5. The molecule has 0 unspecified atom stereocenters. The number of epoxide rings is 1. The van der Waals surface area contributed by atoms with Gasteiger partial charge >= 0.3 is 12.0 Å². The van der Waals surface area contributed by atoms with Crippen LogP contribution in [0.5, 0.6) is 0 Å². The maximum atomic E-state index is 12.0. The minimum Gasteiger partial charge on any atom is -0.389 e. The van der Waals surface area contributed by atoms with Gasteiger partial charge in [0, 0.05) is 26.1 Å². The first-order chi connectivity index (χ1) is 20.8.